The van der Waals surface area contributed by atoms with Gasteiger partial charge in [0, 0.05) is 20.1 Å². The molecule has 66 valence electrons. The molecule has 0 aliphatic carbocycles. The lowest BCUT2D eigenvalue weighted by Crippen LogP contribution is -2.46. The second-order valence-corrected chi connectivity index (χ2v) is 4.14. The molecule has 0 saturated carbocycles. The minimum atomic E-state index is 0. The quantitative estimate of drug-likeness (QED) is 0.621. The average Bonchev–Trinajstić information content (AvgIpc) is 2.29. The van der Waals surface area contributed by atoms with Crippen molar-refractivity contribution in [3.8, 4) is 0 Å². The highest BCUT2D eigenvalue weighted by atomic mass is 16.5. The molecule has 2 fully saturated rings. The van der Waals surface area contributed by atoms with E-state index in [-0.39, 0.29) is 1.43 Å². The summed E-state index contributed by atoms with van der Waals surface area (Å²) in [5.74, 6) is 0.747. The summed E-state index contributed by atoms with van der Waals surface area (Å²) >= 11 is 0. The van der Waals surface area contributed by atoms with Gasteiger partial charge in [-0.15, -0.1) is 0 Å². The number of rotatable bonds is 1. The van der Waals surface area contributed by atoms with E-state index in [1.165, 1.54) is 12.8 Å². The predicted octanol–water partition coefficient (Wildman–Crippen LogP) is 1.41. The van der Waals surface area contributed by atoms with Gasteiger partial charge in [-0.25, -0.2) is 0 Å². The number of ether oxygens (including phenoxy) is 1. The fraction of sp³-hybridized carbons (Fsp3) is 1.00. The highest BCUT2D eigenvalue weighted by Gasteiger charge is 2.44. The Morgan fingerprint density at radius 2 is 2.45 bits per heavy atom. The lowest BCUT2D eigenvalue weighted by molar-refractivity contribution is 0.0110. The van der Waals surface area contributed by atoms with Crippen molar-refractivity contribution in [3.63, 3.8) is 0 Å². The van der Waals surface area contributed by atoms with E-state index in [0.717, 1.165) is 19.1 Å². The molecule has 0 spiro atoms. The van der Waals surface area contributed by atoms with Gasteiger partial charge in [-0.05, 0) is 18.8 Å². The van der Waals surface area contributed by atoms with Crippen LogP contribution in [0.5, 0.6) is 0 Å². The number of nitrogens with one attached hydrogen (secondary N) is 1. The Balaban J connectivity index is 0.000000720. The van der Waals surface area contributed by atoms with Crippen molar-refractivity contribution >= 4 is 0 Å². The van der Waals surface area contributed by atoms with Crippen molar-refractivity contribution in [2.75, 3.05) is 13.2 Å². The van der Waals surface area contributed by atoms with Crippen LogP contribution in [0.2, 0.25) is 0 Å². The van der Waals surface area contributed by atoms with Gasteiger partial charge >= 0.3 is 0 Å². The van der Waals surface area contributed by atoms with E-state index in [1.54, 1.807) is 0 Å². The summed E-state index contributed by atoms with van der Waals surface area (Å²) in [6, 6.07) is 0. The fourth-order valence-electron chi connectivity index (χ4n) is 2.31. The van der Waals surface area contributed by atoms with Gasteiger partial charge in [0.2, 0.25) is 0 Å². The van der Waals surface area contributed by atoms with Gasteiger partial charge in [-0.3, -0.25) is 0 Å². The molecule has 11 heavy (non-hydrogen) atoms. The number of hydrogen-bond donors (Lipinski definition) is 1. The maximum absolute atomic E-state index is 5.58. The average molecular weight is 157 g/mol. The number of fused-ring (bicyclic) bond motifs is 2. The molecule has 0 radical (unpaired) electrons. The van der Waals surface area contributed by atoms with Crippen LogP contribution in [-0.2, 0) is 4.74 Å². The molecule has 1 N–H and O–H groups in total. The molecule has 2 aliphatic heterocycles. The van der Waals surface area contributed by atoms with Crippen LogP contribution in [0.4, 0.5) is 0 Å². The van der Waals surface area contributed by atoms with Gasteiger partial charge in [0.25, 0.3) is 0 Å². The molecule has 2 bridgehead atoms. The first-order valence-electron chi connectivity index (χ1n) is 4.59. The third-order valence-corrected chi connectivity index (χ3v) is 3.28. The van der Waals surface area contributed by atoms with Gasteiger partial charge in [0.05, 0.1) is 6.10 Å². The maximum atomic E-state index is 5.58. The van der Waals surface area contributed by atoms with Gasteiger partial charge < -0.3 is 10.1 Å². The summed E-state index contributed by atoms with van der Waals surface area (Å²) in [5.41, 5.74) is 0.420. The first-order valence-corrected chi connectivity index (χ1v) is 4.59. The molecule has 0 aromatic heterocycles. The van der Waals surface area contributed by atoms with Crippen LogP contribution in [0.3, 0.4) is 0 Å². The molecule has 2 saturated heterocycles. The van der Waals surface area contributed by atoms with Crippen LogP contribution in [0, 0.1) is 5.92 Å². The van der Waals surface area contributed by atoms with E-state index in [2.05, 4.69) is 19.2 Å². The first kappa shape index (κ1) is 7.56. The molecular weight excluding hydrogens is 138 g/mol. The van der Waals surface area contributed by atoms with Gasteiger partial charge in [-0.2, -0.15) is 0 Å². The molecule has 2 aliphatic rings. The monoisotopic (exact) mass is 157 g/mol. The second kappa shape index (κ2) is 2.46. The van der Waals surface area contributed by atoms with Crippen LogP contribution in [0.25, 0.3) is 0 Å². The van der Waals surface area contributed by atoms with Crippen molar-refractivity contribution in [2.45, 2.75) is 38.3 Å². The third kappa shape index (κ3) is 1.09. The molecule has 2 rings (SSSR count). The highest BCUT2D eigenvalue weighted by molar-refractivity contribution is 5.01. The molecular formula is C9H19NO. The Kier molecular flexibility index (Phi) is 1.69. The normalized spacial score (nSPS) is 43.4. The standard InChI is InChI=1S/C9H17NO.H2/c1-7(2)9-3-4-11-8(5-9)6-10-9;/h7-8,10H,3-6H2,1-2H3;1H. The minimum Gasteiger partial charge on any atom is -0.377 e. The van der Waals surface area contributed by atoms with Crippen LogP contribution in [0.15, 0.2) is 0 Å². The van der Waals surface area contributed by atoms with Crippen LogP contribution >= 0.6 is 0 Å². The third-order valence-electron chi connectivity index (χ3n) is 3.28. The SMILES string of the molecule is CC(C)C12CCOC(CN1)C2.[HH]. The topological polar surface area (TPSA) is 21.3 Å². The highest BCUT2D eigenvalue weighted by Crippen LogP contribution is 2.35. The molecule has 2 atom stereocenters. The maximum Gasteiger partial charge on any atom is 0.0717 e. The van der Waals surface area contributed by atoms with Gasteiger partial charge in [-0.1, -0.05) is 13.8 Å². The zero-order chi connectivity index (χ0) is 7.90. The van der Waals surface area contributed by atoms with E-state index in [4.69, 9.17) is 4.74 Å². The molecule has 0 amide bonds. The largest absolute Gasteiger partial charge is 0.377 e. The van der Waals surface area contributed by atoms with E-state index in [0.29, 0.717) is 11.6 Å². The zero-order valence-electron chi connectivity index (χ0n) is 7.39. The summed E-state index contributed by atoms with van der Waals surface area (Å²) in [7, 11) is 0. The Morgan fingerprint density at radius 3 is 3.09 bits per heavy atom. The van der Waals surface area contributed by atoms with E-state index in [9.17, 15) is 0 Å². The number of hydrogen-bond acceptors (Lipinski definition) is 2. The van der Waals surface area contributed by atoms with Crippen molar-refractivity contribution in [2.24, 2.45) is 5.92 Å². The van der Waals surface area contributed by atoms with Crippen molar-refractivity contribution < 1.29 is 6.16 Å². The molecule has 2 nitrogen and oxygen atoms in total. The Hall–Kier alpha value is -0.0800. The lowest BCUT2D eigenvalue weighted by Gasteiger charge is -2.36. The molecule has 0 aromatic carbocycles. The van der Waals surface area contributed by atoms with E-state index >= 15 is 0 Å². The summed E-state index contributed by atoms with van der Waals surface area (Å²) < 4.78 is 5.58. The minimum absolute atomic E-state index is 0. The molecule has 2 heterocycles. The van der Waals surface area contributed by atoms with Crippen LogP contribution < -0.4 is 5.32 Å². The first-order chi connectivity index (χ1) is 5.23. The van der Waals surface area contributed by atoms with Crippen LogP contribution in [-0.4, -0.2) is 24.8 Å². The Morgan fingerprint density at radius 1 is 1.64 bits per heavy atom. The lowest BCUT2D eigenvalue weighted by atomic mass is 9.81. The summed E-state index contributed by atoms with van der Waals surface area (Å²) in [6.07, 6.45) is 2.93. The van der Waals surface area contributed by atoms with E-state index in [1.807, 2.05) is 0 Å². The van der Waals surface area contributed by atoms with E-state index < -0.39 is 0 Å². The molecule has 2 heteroatoms. The summed E-state index contributed by atoms with van der Waals surface area (Å²) in [5, 5.41) is 3.61. The van der Waals surface area contributed by atoms with Gasteiger partial charge in [0.1, 0.15) is 0 Å². The van der Waals surface area contributed by atoms with Gasteiger partial charge in [0.15, 0.2) is 0 Å². The van der Waals surface area contributed by atoms with Crippen molar-refractivity contribution in [3.05, 3.63) is 0 Å². The fourth-order valence-corrected chi connectivity index (χ4v) is 2.31. The Bertz CT molecular complexity index is 159. The second-order valence-electron chi connectivity index (χ2n) is 4.14. The molecule has 0 aromatic rings. The van der Waals surface area contributed by atoms with Crippen molar-refractivity contribution in [1.82, 2.24) is 5.32 Å². The predicted molar refractivity (Wildman–Crippen MR) is 46.7 cm³/mol. The Labute approximate surface area is 69.8 Å². The summed E-state index contributed by atoms with van der Waals surface area (Å²) in [6.45, 7) is 6.63. The zero-order valence-corrected chi connectivity index (χ0v) is 7.39. The molecule has 2 unspecified atom stereocenters. The van der Waals surface area contributed by atoms with Crippen LogP contribution in [0.1, 0.15) is 28.1 Å². The van der Waals surface area contributed by atoms with Crippen molar-refractivity contribution in [1.29, 1.82) is 0 Å². The smallest absolute Gasteiger partial charge is 0.0717 e. The summed E-state index contributed by atoms with van der Waals surface area (Å²) in [4.78, 5) is 0.